The summed E-state index contributed by atoms with van der Waals surface area (Å²) < 4.78 is 10.0. The van der Waals surface area contributed by atoms with E-state index in [1.165, 1.54) is 0 Å². The van der Waals surface area contributed by atoms with Crippen LogP contribution in [0, 0.1) is 0 Å². The number of hydrogen-bond acceptors (Lipinski definition) is 3. The monoisotopic (exact) mass is 192 g/mol. The Bertz CT molecular complexity index is 160. The number of carbonyl (C=O) groups is 1. The minimum absolute atomic E-state index is 0.0475. The Hall–Kier alpha value is -0.280. The van der Waals surface area contributed by atoms with Crippen molar-refractivity contribution >= 4 is 17.0 Å². The van der Waals surface area contributed by atoms with E-state index in [-0.39, 0.29) is 12.2 Å². The lowest BCUT2D eigenvalue weighted by Crippen LogP contribution is -2.27. The second-order valence-corrected chi connectivity index (χ2v) is 3.31. The van der Waals surface area contributed by atoms with Crippen molar-refractivity contribution in [1.82, 2.24) is 0 Å². The molecule has 1 aliphatic rings. The predicted molar refractivity (Wildman–Crippen MR) is 45.4 cm³/mol. The minimum Gasteiger partial charge on any atom is -0.450 e. The lowest BCUT2D eigenvalue weighted by molar-refractivity contribution is 0.00770. The van der Waals surface area contributed by atoms with Crippen LogP contribution in [0.2, 0.25) is 0 Å². The Balaban J connectivity index is 2.30. The van der Waals surface area contributed by atoms with E-state index in [1.807, 2.05) is 0 Å². The molecule has 70 valence electrons. The Labute approximate surface area is 77.0 Å². The molecule has 0 radical (unpaired) electrons. The standard InChI is InChI=1S/C8H13ClO3/c1-11-6-3-2-4-7(5-6)12-8(9)10/h6-7H,2-5H2,1H3. The summed E-state index contributed by atoms with van der Waals surface area (Å²) in [5, 5.41) is 0. The van der Waals surface area contributed by atoms with Gasteiger partial charge in [-0.3, -0.25) is 0 Å². The third-order valence-corrected chi connectivity index (χ3v) is 2.26. The number of halogens is 1. The van der Waals surface area contributed by atoms with Crippen molar-refractivity contribution in [2.24, 2.45) is 0 Å². The summed E-state index contributed by atoms with van der Waals surface area (Å²) in [5.41, 5.74) is -0.711. The summed E-state index contributed by atoms with van der Waals surface area (Å²) in [7, 11) is 1.68. The van der Waals surface area contributed by atoms with E-state index in [0.717, 1.165) is 25.7 Å². The molecule has 0 aromatic rings. The van der Waals surface area contributed by atoms with E-state index in [1.54, 1.807) is 7.11 Å². The maximum Gasteiger partial charge on any atom is 0.404 e. The first-order valence-electron chi connectivity index (χ1n) is 4.11. The molecular weight excluding hydrogens is 180 g/mol. The normalized spacial score (nSPS) is 29.8. The van der Waals surface area contributed by atoms with Gasteiger partial charge in [0, 0.05) is 25.1 Å². The summed E-state index contributed by atoms with van der Waals surface area (Å²) >= 11 is 5.10. The lowest BCUT2D eigenvalue weighted by Gasteiger charge is -2.26. The van der Waals surface area contributed by atoms with Gasteiger partial charge in [-0.05, 0) is 19.3 Å². The second kappa shape index (κ2) is 4.67. The van der Waals surface area contributed by atoms with E-state index < -0.39 is 5.43 Å². The fourth-order valence-corrected chi connectivity index (χ4v) is 1.68. The molecule has 1 saturated carbocycles. The Kier molecular flexibility index (Phi) is 3.82. The van der Waals surface area contributed by atoms with Crippen molar-refractivity contribution in [3.8, 4) is 0 Å². The van der Waals surface area contributed by atoms with Gasteiger partial charge >= 0.3 is 5.43 Å². The van der Waals surface area contributed by atoms with Crippen LogP contribution in [0.25, 0.3) is 0 Å². The van der Waals surface area contributed by atoms with Gasteiger partial charge in [0.05, 0.1) is 6.10 Å². The molecular formula is C8H13ClO3. The topological polar surface area (TPSA) is 35.5 Å². The van der Waals surface area contributed by atoms with E-state index in [9.17, 15) is 4.79 Å². The zero-order chi connectivity index (χ0) is 8.97. The summed E-state index contributed by atoms with van der Waals surface area (Å²) in [6, 6.07) is 0. The molecule has 2 atom stereocenters. The summed E-state index contributed by atoms with van der Waals surface area (Å²) in [6.07, 6.45) is 3.93. The molecule has 0 spiro atoms. The number of hydrogen-bond donors (Lipinski definition) is 0. The van der Waals surface area contributed by atoms with E-state index in [2.05, 4.69) is 0 Å². The third kappa shape index (κ3) is 2.99. The molecule has 0 heterocycles. The van der Waals surface area contributed by atoms with Crippen molar-refractivity contribution in [3.05, 3.63) is 0 Å². The number of rotatable bonds is 2. The van der Waals surface area contributed by atoms with Crippen molar-refractivity contribution in [3.63, 3.8) is 0 Å². The zero-order valence-corrected chi connectivity index (χ0v) is 7.84. The number of ether oxygens (including phenoxy) is 2. The van der Waals surface area contributed by atoms with Crippen LogP contribution in [0.1, 0.15) is 25.7 Å². The van der Waals surface area contributed by atoms with Crippen molar-refractivity contribution in [2.45, 2.75) is 37.9 Å². The molecule has 1 aliphatic carbocycles. The molecule has 0 N–H and O–H groups in total. The van der Waals surface area contributed by atoms with Crippen LogP contribution in [-0.4, -0.2) is 24.7 Å². The third-order valence-electron chi connectivity index (χ3n) is 2.17. The van der Waals surface area contributed by atoms with Gasteiger partial charge in [0.25, 0.3) is 0 Å². The van der Waals surface area contributed by atoms with Crippen LogP contribution >= 0.6 is 11.6 Å². The lowest BCUT2D eigenvalue weighted by atomic mass is 9.95. The molecule has 0 saturated heterocycles. The molecule has 0 aromatic heterocycles. The fourth-order valence-electron chi connectivity index (χ4n) is 1.55. The summed E-state index contributed by atoms with van der Waals surface area (Å²) in [5.74, 6) is 0. The zero-order valence-electron chi connectivity index (χ0n) is 7.09. The second-order valence-electron chi connectivity index (χ2n) is 3.00. The van der Waals surface area contributed by atoms with Crippen LogP contribution in [0.5, 0.6) is 0 Å². The first kappa shape index (κ1) is 9.81. The molecule has 2 unspecified atom stereocenters. The molecule has 1 rings (SSSR count). The average molecular weight is 193 g/mol. The maximum atomic E-state index is 10.4. The van der Waals surface area contributed by atoms with Crippen molar-refractivity contribution in [1.29, 1.82) is 0 Å². The van der Waals surface area contributed by atoms with Gasteiger partial charge in [0.15, 0.2) is 0 Å². The molecule has 0 amide bonds. The van der Waals surface area contributed by atoms with Gasteiger partial charge in [-0.25, -0.2) is 4.79 Å². The van der Waals surface area contributed by atoms with Crippen LogP contribution in [0.15, 0.2) is 0 Å². The highest BCUT2D eigenvalue weighted by atomic mass is 35.5. The van der Waals surface area contributed by atoms with Gasteiger partial charge < -0.3 is 9.47 Å². The highest BCUT2D eigenvalue weighted by Crippen LogP contribution is 2.23. The minimum atomic E-state index is -0.711. The highest BCUT2D eigenvalue weighted by molar-refractivity contribution is 6.61. The summed E-state index contributed by atoms with van der Waals surface area (Å²) in [4.78, 5) is 10.4. The van der Waals surface area contributed by atoms with Gasteiger partial charge in [-0.2, -0.15) is 0 Å². The molecule has 0 bridgehead atoms. The van der Waals surface area contributed by atoms with Crippen LogP contribution in [0.3, 0.4) is 0 Å². The molecule has 4 heteroatoms. The number of carbonyl (C=O) groups excluding carboxylic acids is 1. The Morgan fingerprint density at radius 1 is 1.42 bits per heavy atom. The molecule has 12 heavy (non-hydrogen) atoms. The van der Waals surface area contributed by atoms with Crippen LogP contribution in [-0.2, 0) is 9.47 Å². The quantitative estimate of drug-likeness (QED) is 0.630. The first-order chi connectivity index (χ1) is 5.72. The van der Waals surface area contributed by atoms with Gasteiger partial charge in [0.1, 0.15) is 6.10 Å². The van der Waals surface area contributed by atoms with E-state index >= 15 is 0 Å². The van der Waals surface area contributed by atoms with Gasteiger partial charge in [-0.15, -0.1) is 0 Å². The van der Waals surface area contributed by atoms with Crippen molar-refractivity contribution in [2.75, 3.05) is 7.11 Å². The Morgan fingerprint density at radius 3 is 2.67 bits per heavy atom. The smallest absolute Gasteiger partial charge is 0.404 e. The van der Waals surface area contributed by atoms with Crippen molar-refractivity contribution < 1.29 is 14.3 Å². The highest BCUT2D eigenvalue weighted by Gasteiger charge is 2.23. The Morgan fingerprint density at radius 2 is 2.08 bits per heavy atom. The van der Waals surface area contributed by atoms with Crippen LogP contribution < -0.4 is 0 Å². The van der Waals surface area contributed by atoms with E-state index in [4.69, 9.17) is 21.1 Å². The molecule has 0 aliphatic heterocycles. The molecule has 0 aromatic carbocycles. The molecule has 3 nitrogen and oxygen atoms in total. The average Bonchev–Trinajstić information content (AvgIpc) is 2.03. The summed E-state index contributed by atoms with van der Waals surface area (Å²) in [6.45, 7) is 0. The van der Waals surface area contributed by atoms with Gasteiger partial charge in [0.2, 0.25) is 0 Å². The van der Waals surface area contributed by atoms with E-state index in [0.29, 0.717) is 0 Å². The van der Waals surface area contributed by atoms with Crippen LogP contribution in [0.4, 0.5) is 4.79 Å². The van der Waals surface area contributed by atoms with Gasteiger partial charge in [-0.1, -0.05) is 0 Å². The first-order valence-corrected chi connectivity index (χ1v) is 4.49. The predicted octanol–water partition coefficient (Wildman–Crippen LogP) is 2.32. The SMILES string of the molecule is COC1CCCC(OC(=O)Cl)C1. The fraction of sp³-hybridized carbons (Fsp3) is 0.875. The largest absolute Gasteiger partial charge is 0.450 e. The number of methoxy groups -OCH3 is 1. The maximum absolute atomic E-state index is 10.4. The molecule has 1 fully saturated rings.